The molecule has 0 aromatic heterocycles. The summed E-state index contributed by atoms with van der Waals surface area (Å²) >= 11 is 0. The molecule has 0 heterocycles. The second-order valence-corrected chi connectivity index (χ2v) is 7.05. The van der Waals surface area contributed by atoms with E-state index >= 15 is 0 Å². The van der Waals surface area contributed by atoms with Crippen LogP contribution in [0.5, 0.6) is 0 Å². The van der Waals surface area contributed by atoms with E-state index in [1.54, 1.807) is 24.0 Å². The molecule has 0 spiro atoms. The zero-order valence-electron chi connectivity index (χ0n) is 17.8. The minimum absolute atomic E-state index is 0.121. The summed E-state index contributed by atoms with van der Waals surface area (Å²) in [7, 11) is 0. The molecule has 0 saturated carbocycles. The molecule has 1 N–H and O–H groups in total. The van der Waals surface area contributed by atoms with Crippen LogP contribution >= 0.6 is 0 Å². The van der Waals surface area contributed by atoms with Gasteiger partial charge in [-0.1, -0.05) is 49.4 Å². The van der Waals surface area contributed by atoms with Gasteiger partial charge >= 0.3 is 0 Å². The monoisotopic (exact) mass is 414 g/mol. The van der Waals surface area contributed by atoms with E-state index in [2.05, 4.69) is 5.32 Å². The molecule has 2 rings (SSSR count). The average Bonchev–Trinajstić information content (AvgIpc) is 2.77. The summed E-state index contributed by atoms with van der Waals surface area (Å²) < 4.78 is 18.6. The predicted octanol–water partition coefficient (Wildman–Crippen LogP) is 3.72. The number of nitrogens with zero attached hydrogens (tertiary/aromatic N) is 1. The number of rotatable bonds is 12. The molecule has 2 aromatic carbocycles. The Morgan fingerprint density at radius 2 is 1.73 bits per heavy atom. The third-order valence-electron chi connectivity index (χ3n) is 4.81. The van der Waals surface area contributed by atoms with Gasteiger partial charge < -0.3 is 15.0 Å². The lowest BCUT2D eigenvalue weighted by molar-refractivity contribution is -0.141. The molecule has 1 unspecified atom stereocenters. The van der Waals surface area contributed by atoms with Gasteiger partial charge in [-0.2, -0.15) is 0 Å². The number of carbonyl (C=O) groups excluding carboxylic acids is 2. The lowest BCUT2D eigenvalue weighted by Crippen LogP contribution is -2.50. The normalized spacial score (nSPS) is 11.7. The summed E-state index contributed by atoms with van der Waals surface area (Å²) in [6, 6.07) is 15.0. The zero-order valence-corrected chi connectivity index (χ0v) is 17.8. The van der Waals surface area contributed by atoms with Crippen LogP contribution in [-0.2, 0) is 27.3 Å². The third kappa shape index (κ3) is 7.59. The molecule has 2 amide bonds. The van der Waals surface area contributed by atoms with Crippen molar-refractivity contribution in [1.29, 1.82) is 0 Å². The molecule has 6 heteroatoms. The molecule has 1 atom stereocenters. The Hall–Kier alpha value is -2.73. The summed E-state index contributed by atoms with van der Waals surface area (Å²) in [4.78, 5) is 27.5. The Morgan fingerprint density at radius 1 is 1.03 bits per heavy atom. The summed E-state index contributed by atoms with van der Waals surface area (Å²) in [6.45, 7) is 5.65. The van der Waals surface area contributed by atoms with E-state index in [9.17, 15) is 14.0 Å². The Morgan fingerprint density at radius 3 is 2.37 bits per heavy atom. The first-order valence-electron chi connectivity index (χ1n) is 10.5. The van der Waals surface area contributed by atoms with Crippen molar-refractivity contribution in [2.75, 3.05) is 19.8 Å². The van der Waals surface area contributed by atoms with E-state index in [0.717, 1.165) is 11.1 Å². The fourth-order valence-corrected chi connectivity index (χ4v) is 3.19. The van der Waals surface area contributed by atoms with E-state index in [-0.39, 0.29) is 30.6 Å². The molecule has 162 valence electrons. The Kier molecular flexibility index (Phi) is 10.0. The van der Waals surface area contributed by atoms with Crippen molar-refractivity contribution in [3.63, 3.8) is 0 Å². The summed E-state index contributed by atoms with van der Waals surface area (Å²) in [6.07, 6.45) is 1.40. The van der Waals surface area contributed by atoms with Gasteiger partial charge in [0.2, 0.25) is 11.8 Å². The van der Waals surface area contributed by atoms with Crippen LogP contribution in [0.2, 0.25) is 0 Å². The maximum Gasteiger partial charge on any atom is 0.243 e. The molecular formula is C24H31FN2O3. The fraction of sp³-hybridized carbons (Fsp3) is 0.417. The maximum atomic E-state index is 13.3. The number of hydrogen-bond acceptors (Lipinski definition) is 3. The number of nitrogens with one attached hydrogen (secondary N) is 1. The summed E-state index contributed by atoms with van der Waals surface area (Å²) in [5, 5.41) is 2.94. The van der Waals surface area contributed by atoms with Gasteiger partial charge in [-0.15, -0.1) is 0 Å². The standard InChI is InChI=1S/C24H31FN2O3/c1-3-23(28)27(18-20-11-13-21(25)14-12-20)22(17-19-9-6-5-7-10-19)24(29)26-15-8-16-30-4-2/h5-7,9-14,22H,3-4,8,15-18H2,1-2H3,(H,26,29). The van der Waals surface area contributed by atoms with E-state index in [1.807, 2.05) is 37.3 Å². The topological polar surface area (TPSA) is 58.6 Å². The van der Waals surface area contributed by atoms with Crippen LogP contribution in [0, 0.1) is 5.82 Å². The van der Waals surface area contributed by atoms with Crippen LogP contribution in [-0.4, -0.2) is 42.5 Å². The molecule has 2 aromatic rings. The van der Waals surface area contributed by atoms with Gasteiger partial charge in [0.1, 0.15) is 11.9 Å². The Balaban J connectivity index is 2.20. The van der Waals surface area contributed by atoms with Crippen LogP contribution in [0.15, 0.2) is 54.6 Å². The van der Waals surface area contributed by atoms with Gasteiger partial charge in [0, 0.05) is 39.1 Å². The fourth-order valence-electron chi connectivity index (χ4n) is 3.19. The van der Waals surface area contributed by atoms with Crippen LogP contribution in [0.3, 0.4) is 0 Å². The first kappa shape index (κ1) is 23.5. The highest BCUT2D eigenvalue weighted by Crippen LogP contribution is 2.16. The molecule has 5 nitrogen and oxygen atoms in total. The van der Waals surface area contributed by atoms with Crippen LogP contribution in [0.1, 0.15) is 37.8 Å². The smallest absolute Gasteiger partial charge is 0.243 e. The second kappa shape index (κ2) is 12.8. The van der Waals surface area contributed by atoms with Gasteiger partial charge in [-0.25, -0.2) is 4.39 Å². The molecule has 0 bridgehead atoms. The minimum atomic E-state index is -0.656. The number of ether oxygens (including phenoxy) is 1. The Labute approximate surface area is 178 Å². The molecule has 0 saturated heterocycles. The van der Waals surface area contributed by atoms with E-state index in [0.29, 0.717) is 32.6 Å². The number of hydrogen-bond donors (Lipinski definition) is 1. The lowest BCUT2D eigenvalue weighted by atomic mass is 10.0. The quantitative estimate of drug-likeness (QED) is 0.539. The van der Waals surface area contributed by atoms with Crippen LogP contribution < -0.4 is 5.32 Å². The molecular weight excluding hydrogens is 383 g/mol. The number of benzene rings is 2. The SMILES string of the molecule is CCOCCCNC(=O)C(Cc1ccccc1)N(Cc1ccc(F)cc1)C(=O)CC. The number of amides is 2. The molecule has 0 aliphatic carbocycles. The molecule has 0 radical (unpaired) electrons. The van der Waals surface area contributed by atoms with Gasteiger partial charge in [-0.05, 0) is 36.6 Å². The van der Waals surface area contributed by atoms with Crippen LogP contribution in [0.25, 0.3) is 0 Å². The number of halogens is 1. The van der Waals surface area contributed by atoms with Crippen molar-refractivity contribution in [2.45, 2.75) is 45.7 Å². The van der Waals surface area contributed by atoms with Gasteiger partial charge in [-0.3, -0.25) is 9.59 Å². The van der Waals surface area contributed by atoms with Crippen molar-refractivity contribution < 1.29 is 18.7 Å². The zero-order chi connectivity index (χ0) is 21.8. The van der Waals surface area contributed by atoms with E-state index in [1.165, 1.54) is 12.1 Å². The van der Waals surface area contributed by atoms with E-state index < -0.39 is 6.04 Å². The molecule has 0 aliphatic heterocycles. The van der Waals surface area contributed by atoms with Crippen molar-refractivity contribution >= 4 is 11.8 Å². The van der Waals surface area contributed by atoms with Crippen molar-refractivity contribution in [3.05, 3.63) is 71.5 Å². The predicted molar refractivity (Wildman–Crippen MR) is 115 cm³/mol. The average molecular weight is 415 g/mol. The molecule has 30 heavy (non-hydrogen) atoms. The highest BCUT2D eigenvalue weighted by molar-refractivity contribution is 5.87. The number of carbonyl (C=O) groups is 2. The van der Waals surface area contributed by atoms with E-state index in [4.69, 9.17) is 4.74 Å². The van der Waals surface area contributed by atoms with Crippen molar-refractivity contribution in [2.24, 2.45) is 0 Å². The van der Waals surface area contributed by atoms with Crippen molar-refractivity contribution in [1.82, 2.24) is 10.2 Å². The van der Waals surface area contributed by atoms with Gasteiger partial charge in [0.15, 0.2) is 0 Å². The highest BCUT2D eigenvalue weighted by atomic mass is 19.1. The lowest BCUT2D eigenvalue weighted by Gasteiger charge is -2.31. The van der Waals surface area contributed by atoms with Crippen molar-refractivity contribution in [3.8, 4) is 0 Å². The maximum absolute atomic E-state index is 13.3. The summed E-state index contributed by atoms with van der Waals surface area (Å²) in [5.74, 6) is -0.649. The molecule has 0 aliphatic rings. The summed E-state index contributed by atoms with van der Waals surface area (Å²) in [5.41, 5.74) is 1.75. The second-order valence-electron chi connectivity index (χ2n) is 7.05. The largest absolute Gasteiger partial charge is 0.382 e. The van der Waals surface area contributed by atoms with Gasteiger partial charge in [0.05, 0.1) is 0 Å². The first-order valence-corrected chi connectivity index (χ1v) is 10.5. The third-order valence-corrected chi connectivity index (χ3v) is 4.81. The first-order chi connectivity index (χ1) is 14.5. The van der Waals surface area contributed by atoms with Crippen LogP contribution in [0.4, 0.5) is 4.39 Å². The van der Waals surface area contributed by atoms with Gasteiger partial charge in [0.25, 0.3) is 0 Å². The highest BCUT2D eigenvalue weighted by Gasteiger charge is 2.29. The molecule has 0 fully saturated rings. The Bertz CT molecular complexity index is 781. The minimum Gasteiger partial charge on any atom is -0.382 e.